The zero-order valence-corrected chi connectivity index (χ0v) is 13.4. The predicted octanol–water partition coefficient (Wildman–Crippen LogP) is 3.78. The zero-order chi connectivity index (χ0) is 15.4. The van der Waals surface area contributed by atoms with E-state index < -0.39 is 0 Å². The van der Waals surface area contributed by atoms with Crippen molar-refractivity contribution in [2.75, 3.05) is 6.54 Å². The number of nitrogens with zero attached hydrogens (tertiary/aromatic N) is 2. The second-order valence-corrected chi connectivity index (χ2v) is 6.08. The molecule has 0 fully saturated rings. The average Bonchev–Trinajstić information content (AvgIpc) is 2.75. The lowest BCUT2D eigenvalue weighted by atomic mass is 10.2. The van der Waals surface area contributed by atoms with Crippen LogP contribution in [0.2, 0.25) is 5.02 Å². The summed E-state index contributed by atoms with van der Waals surface area (Å²) >= 11 is 5.95. The van der Waals surface area contributed by atoms with E-state index in [-0.39, 0.29) is 5.82 Å². The Bertz CT molecular complexity index is 608. The van der Waals surface area contributed by atoms with Gasteiger partial charge in [-0.25, -0.2) is 9.37 Å². The van der Waals surface area contributed by atoms with Gasteiger partial charge in [0.1, 0.15) is 11.6 Å². The van der Waals surface area contributed by atoms with Crippen LogP contribution in [-0.4, -0.2) is 16.1 Å². The van der Waals surface area contributed by atoms with Gasteiger partial charge in [0.2, 0.25) is 0 Å². The lowest BCUT2D eigenvalue weighted by Crippen LogP contribution is -2.21. The van der Waals surface area contributed by atoms with Crippen molar-refractivity contribution in [2.45, 2.75) is 33.9 Å². The van der Waals surface area contributed by atoms with E-state index >= 15 is 0 Å². The van der Waals surface area contributed by atoms with Crippen LogP contribution < -0.4 is 5.32 Å². The molecule has 0 atom stereocenters. The lowest BCUT2D eigenvalue weighted by molar-refractivity contribution is 0.534. The Kier molecular flexibility index (Phi) is 5.37. The summed E-state index contributed by atoms with van der Waals surface area (Å²) in [5.74, 6) is 1.22. The molecule has 21 heavy (non-hydrogen) atoms. The van der Waals surface area contributed by atoms with E-state index in [0.717, 1.165) is 24.6 Å². The Morgan fingerprint density at radius 2 is 2.14 bits per heavy atom. The molecule has 3 nitrogen and oxygen atoms in total. The summed E-state index contributed by atoms with van der Waals surface area (Å²) in [6.07, 6.45) is 1.84. The van der Waals surface area contributed by atoms with Gasteiger partial charge in [-0.1, -0.05) is 25.4 Å². The number of rotatable bonds is 6. The number of imidazole rings is 1. The first-order valence-electron chi connectivity index (χ1n) is 7.13. The maximum absolute atomic E-state index is 13.9. The largest absolute Gasteiger partial charge is 0.326 e. The number of halogens is 2. The average molecular weight is 310 g/mol. The summed E-state index contributed by atoms with van der Waals surface area (Å²) < 4.78 is 15.9. The third-order valence-corrected chi connectivity index (χ3v) is 3.57. The Morgan fingerprint density at radius 3 is 2.86 bits per heavy atom. The second kappa shape index (κ2) is 7.05. The van der Waals surface area contributed by atoms with Crippen LogP contribution in [0.3, 0.4) is 0 Å². The molecule has 0 unspecified atom stereocenters. The molecule has 0 aliphatic rings. The van der Waals surface area contributed by atoms with Gasteiger partial charge in [-0.2, -0.15) is 0 Å². The molecule has 0 bridgehead atoms. The molecular weight excluding hydrogens is 289 g/mol. The molecule has 0 saturated heterocycles. The van der Waals surface area contributed by atoms with Crippen molar-refractivity contribution in [3.8, 4) is 0 Å². The summed E-state index contributed by atoms with van der Waals surface area (Å²) in [5.41, 5.74) is 1.63. The first-order chi connectivity index (χ1) is 9.97. The normalized spacial score (nSPS) is 11.3. The van der Waals surface area contributed by atoms with Crippen LogP contribution in [0.25, 0.3) is 0 Å². The van der Waals surface area contributed by atoms with Crippen LogP contribution >= 0.6 is 11.6 Å². The molecule has 1 aromatic heterocycles. The maximum atomic E-state index is 13.9. The van der Waals surface area contributed by atoms with Crippen molar-refractivity contribution in [3.05, 3.63) is 52.3 Å². The van der Waals surface area contributed by atoms with Gasteiger partial charge in [-0.05, 0) is 37.6 Å². The summed E-state index contributed by atoms with van der Waals surface area (Å²) in [4.78, 5) is 4.33. The molecule has 1 N–H and O–H groups in total. The van der Waals surface area contributed by atoms with E-state index in [2.05, 4.69) is 24.1 Å². The van der Waals surface area contributed by atoms with Crippen LogP contribution in [0.4, 0.5) is 4.39 Å². The molecular formula is C16H21ClFN3. The third kappa shape index (κ3) is 4.29. The van der Waals surface area contributed by atoms with Gasteiger partial charge in [0.05, 0.1) is 12.2 Å². The fourth-order valence-corrected chi connectivity index (χ4v) is 2.39. The fraction of sp³-hybridized carbons (Fsp3) is 0.438. The van der Waals surface area contributed by atoms with E-state index in [0.29, 0.717) is 23.0 Å². The molecule has 1 heterocycles. The van der Waals surface area contributed by atoms with Gasteiger partial charge in [0.25, 0.3) is 0 Å². The van der Waals surface area contributed by atoms with Crippen LogP contribution in [0.1, 0.15) is 30.9 Å². The third-order valence-electron chi connectivity index (χ3n) is 3.33. The minimum Gasteiger partial charge on any atom is -0.326 e. The van der Waals surface area contributed by atoms with Crippen molar-refractivity contribution in [3.63, 3.8) is 0 Å². The number of hydrogen-bond acceptors (Lipinski definition) is 2. The molecule has 5 heteroatoms. The molecule has 0 aliphatic carbocycles. The van der Waals surface area contributed by atoms with Gasteiger partial charge in [-0.3, -0.25) is 0 Å². The van der Waals surface area contributed by atoms with Gasteiger partial charge < -0.3 is 9.88 Å². The Hall–Kier alpha value is -1.39. The zero-order valence-electron chi connectivity index (χ0n) is 12.7. The van der Waals surface area contributed by atoms with Crippen molar-refractivity contribution in [1.29, 1.82) is 0 Å². The van der Waals surface area contributed by atoms with E-state index in [4.69, 9.17) is 11.6 Å². The first-order valence-corrected chi connectivity index (χ1v) is 7.51. The van der Waals surface area contributed by atoms with E-state index in [1.165, 1.54) is 6.07 Å². The monoisotopic (exact) mass is 309 g/mol. The highest BCUT2D eigenvalue weighted by Crippen LogP contribution is 2.17. The molecule has 114 valence electrons. The van der Waals surface area contributed by atoms with Gasteiger partial charge in [0, 0.05) is 23.3 Å². The van der Waals surface area contributed by atoms with E-state index in [1.807, 2.05) is 17.7 Å². The Morgan fingerprint density at radius 1 is 1.38 bits per heavy atom. The van der Waals surface area contributed by atoms with Gasteiger partial charge in [0.15, 0.2) is 0 Å². The van der Waals surface area contributed by atoms with Crippen LogP contribution in [-0.2, 0) is 13.1 Å². The van der Waals surface area contributed by atoms with Crippen molar-refractivity contribution >= 4 is 11.6 Å². The number of nitrogens with one attached hydrogen (secondary N) is 1. The molecule has 0 amide bonds. The highest BCUT2D eigenvalue weighted by atomic mass is 35.5. The summed E-state index contributed by atoms with van der Waals surface area (Å²) in [6, 6.07) is 4.63. The predicted molar refractivity (Wildman–Crippen MR) is 84.0 cm³/mol. The standard InChI is InChI=1S/C16H21ClFN3/c1-11(2)7-19-8-15-9-20-12(3)21(15)10-13-6-14(17)4-5-16(13)18/h4-6,9,11,19H,7-8,10H2,1-3H3. The van der Waals surface area contributed by atoms with E-state index in [9.17, 15) is 4.39 Å². The molecule has 0 aliphatic heterocycles. The summed E-state index contributed by atoms with van der Waals surface area (Å²) in [5, 5.41) is 3.93. The molecule has 1 aromatic carbocycles. The Balaban J connectivity index is 2.15. The van der Waals surface area contributed by atoms with Gasteiger partial charge in [-0.15, -0.1) is 0 Å². The van der Waals surface area contributed by atoms with Crippen LogP contribution in [0, 0.1) is 18.7 Å². The first kappa shape index (κ1) is 16.0. The molecule has 2 rings (SSSR count). The van der Waals surface area contributed by atoms with E-state index in [1.54, 1.807) is 12.1 Å². The number of benzene rings is 1. The smallest absolute Gasteiger partial charge is 0.128 e. The molecule has 2 aromatic rings. The van der Waals surface area contributed by atoms with Crippen molar-refractivity contribution < 1.29 is 4.39 Å². The van der Waals surface area contributed by atoms with Crippen molar-refractivity contribution in [2.24, 2.45) is 5.92 Å². The Labute approximate surface area is 130 Å². The lowest BCUT2D eigenvalue weighted by Gasteiger charge is -2.13. The highest BCUT2D eigenvalue weighted by molar-refractivity contribution is 6.30. The van der Waals surface area contributed by atoms with Crippen LogP contribution in [0.5, 0.6) is 0 Å². The summed E-state index contributed by atoms with van der Waals surface area (Å²) in [7, 11) is 0. The topological polar surface area (TPSA) is 29.9 Å². The van der Waals surface area contributed by atoms with Crippen molar-refractivity contribution in [1.82, 2.24) is 14.9 Å². The minimum atomic E-state index is -0.242. The number of aromatic nitrogens is 2. The number of aryl methyl sites for hydroxylation is 1. The number of hydrogen-bond donors (Lipinski definition) is 1. The molecule has 0 spiro atoms. The fourth-order valence-electron chi connectivity index (χ4n) is 2.20. The highest BCUT2D eigenvalue weighted by Gasteiger charge is 2.10. The van der Waals surface area contributed by atoms with Gasteiger partial charge >= 0.3 is 0 Å². The summed E-state index contributed by atoms with van der Waals surface area (Å²) in [6.45, 7) is 8.36. The minimum absolute atomic E-state index is 0.242. The SMILES string of the molecule is Cc1ncc(CNCC(C)C)n1Cc1cc(Cl)ccc1F. The second-order valence-electron chi connectivity index (χ2n) is 5.64. The maximum Gasteiger partial charge on any atom is 0.128 e. The molecule has 0 radical (unpaired) electrons. The molecule has 0 saturated carbocycles. The quantitative estimate of drug-likeness (QED) is 0.880. The van der Waals surface area contributed by atoms with Crippen LogP contribution in [0.15, 0.2) is 24.4 Å².